The number of hydrogen-bond acceptors (Lipinski definition) is 3. The molecule has 2 atom stereocenters. The quantitative estimate of drug-likeness (QED) is 0.732. The Morgan fingerprint density at radius 2 is 2.21 bits per heavy atom. The van der Waals surface area contributed by atoms with Crippen molar-refractivity contribution in [3.8, 4) is 0 Å². The van der Waals surface area contributed by atoms with Gasteiger partial charge in [0.25, 0.3) is 0 Å². The molecule has 0 bridgehead atoms. The molecule has 1 fully saturated rings. The topological polar surface area (TPSA) is 54.5 Å². The van der Waals surface area contributed by atoms with Crippen molar-refractivity contribution in [2.75, 3.05) is 0 Å². The summed E-state index contributed by atoms with van der Waals surface area (Å²) in [6.45, 7) is 2.36. The van der Waals surface area contributed by atoms with E-state index in [4.69, 9.17) is 0 Å². The van der Waals surface area contributed by atoms with E-state index in [1.54, 1.807) is 0 Å². The van der Waals surface area contributed by atoms with Crippen molar-refractivity contribution in [3.63, 3.8) is 0 Å². The second-order valence-corrected chi connectivity index (χ2v) is 4.51. The van der Waals surface area contributed by atoms with Gasteiger partial charge in [-0.15, -0.1) is 10.2 Å². The lowest BCUT2D eigenvalue weighted by Crippen LogP contribution is -2.05. The van der Waals surface area contributed by atoms with Crippen LogP contribution in [-0.2, 0) is 6.42 Å². The fourth-order valence-corrected chi connectivity index (χ4v) is 2.30. The van der Waals surface area contributed by atoms with Gasteiger partial charge < -0.3 is 0 Å². The zero-order valence-corrected chi connectivity index (χ0v) is 8.74. The number of nitrogens with zero attached hydrogens (tertiary/aromatic N) is 3. The van der Waals surface area contributed by atoms with Crippen LogP contribution in [0.4, 0.5) is 0 Å². The summed E-state index contributed by atoms with van der Waals surface area (Å²) in [4.78, 5) is 0. The Labute approximate surface area is 84.5 Å². The monoisotopic (exact) mass is 194 g/mol. The lowest BCUT2D eigenvalue weighted by Gasteiger charge is -2.10. The van der Waals surface area contributed by atoms with Crippen LogP contribution in [0.25, 0.3) is 0 Å². The van der Waals surface area contributed by atoms with Gasteiger partial charge in [-0.1, -0.05) is 37.8 Å². The van der Waals surface area contributed by atoms with Crippen molar-refractivity contribution in [2.24, 2.45) is 11.8 Å². The standard InChI is InChI=1S/C10H18N4/c1-8-3-2-4-9(6-5-8)7-10-11-13-14-12-10/h8-9H,2-7H2,1H3,(H,11,12,13,14)/t8-,9+/m0/s1. The van der Waals surface area contributed by atoms with E-state index in [0.29, 0.717) is 0 Å². The van der Waals surface area contributed by atoms with Gasteiger partial charge >= 0.3 is 0 Å². The predicted molar refractivity (Wildman–Crippen MR) is 53.6 cm³/mol. The van der Waals surface area contributed by atoms with E-state index in [0.717, 1.165) is 24.1 Å². The fourth-order valence-electron chi connectivity index (χ4n) is 2.30. The Morgan fingerprint density at radius 1 is 1.29 bits per heavy atom. The first kappa shape index (κ1) is 9.62. The van der Waals surface area contributed by atoms with Gasteiger partial charge in [0.15, 0.2) is 5.82 Å². The van der Waals surface area contributed by atoms with Crippen molar-refractivity contribution < 1.29 is 0 Å². The SMILES string of the molecule is C[C@H]1CCC[C@@H](Cc2nn[nH]n2)CC1. The highest BCUT2D eigenvalue weighted by molar-refractivity contribution is 4.81. The van der Waals surface area contributed by atoms with Crippen molar-refractivity contribution in [1.29, 1.82) is 0 Å². The molecule has 14 heavy (non-hydrogen) atoms. The summed E-state index contributed by atoms with van der Waals surface area (Å²) in [7, 11) is 0. The normalized spacial score (nSPS) is 28.6. The van der Waals surface area contributed by atoms with Crippen LogP contribution < -0.4 is 0 Å². The maximum atomic E-state index is 4.01. The maximum Gasteiger partial charge on any atom is 0.174 e. The first-order chi connectivity index (χ1) is 6.84. The predicted octanol–water partition coefficient (Wildman–Crippen LogP) is 1.96. The van der Waals surface area contributed by atoms with Crippen LogP contribution in [0.15, 0.2) is 0 Å². The minimum Gasteiger partial charge on any atom is -0.177 e. The number of aromatic amines is 1. The summed E-state index contributed by atoms with van der Waals surface area (Å²) in [6, 6.07) is 0. The molecule has 1 aliphatic carbocycles. The smallest absolute Gasteiger partial charge is 0.174 e. The molecule has 1 N–H and O–H groups in total. The van der Waals surface area contributed by atoms with Gasteiger partial charge in [-0.2, -0.15) is 5.21 Å². The summed E-state index contributed by atoms with van der Waals surface area (Å²) in [5.74, 6) is 2.56. The largest absolute Gasteiger partial charge is 0.177 e. The zero-order chi connectivity index (χ0) is 9.80. The highest BCUT2D eigenvalue weighted by Crippen LogP contribution is 2.28. The molecular weight excluding hydrogens is 176 g/mol. The second kappa shape index (κ2) is 4.53. The molecular formula is C10H18N4. The summed E-state index contributed by atoms with van der Waals surface area (Å²) < 4.78 is 0. The molecule has 1 aliphatic rings. The Morgan fingerprint density at radius 3 is 3.00 bits per heavy atom. The van der Waals surface area contributed by atoms with Crippen LogP contribution in [0.2, 0.25) is 0 Å². The molecule has 0 saturated heterocycles. The van der Waals surface area contributed by atoms with Crippen LogP contribution in [0.5, 0.6) is 0 Å². The Hall–Kier alpha value is -0.930. The molecule has 0 aromatic carbocycles. The van der Waals surface area contributed by atoms with E-state index in [2.05, 4.69) is 27.5 Å². The third-order valence-corrected chi connectivity index (χ3v) is 3.24. The molecule has 0 unspecified atom stereocenters. The number of hydrogen-bond donors (Lipinski definition) is 1. The van der Waals surface area contributed by atoms with E-state index in [9.17, 15) is 0 Å². The van der Waals surface area contributed by atoms with Crippen molar-refractivity contribution in [2.45, 2.75) is 45.4 Å². The molecule has 78 valence electrons. The maximum absolute atomic E-state index is 4.01. The van der Waals surface area contributed by atoms with Gasteiger partial charge in [0.1, 0.15) is 0 Å². The van der Waals surface area contributed by atoms with Gasteiger partial charge in [0.2, 0.25) is 0 Å². The molecule has 1 heterocycles. The summed E-state index contributed by atoms with van der Waals surface area (Å²) in [5.41, 5.74) is 0. The third-order valence-electron chi connectivity index (χ3n) is 3.24. The zero-order valence-electron chi connectivity index (χ0n) is 8.74. The van der Waals surface area contributed by atoms with Crippen LogP contribution in [0.1, 0.15) is 44.9 Å². The third kappa shape index (κ3) is 2.53. The minimum absolute atomic E-state index is 0.776. The highest BCUT2D eigenvalue weighted by atomic mass is 15.5. The van der Waals surface area contributed by atoms with Crippen LogP contribution in [0, 0.1) is 11.8 Å². The lowest BCUT2D eigenvalue weighted by molar-refractivity contribution is 0.436. The van der Waals surface area contributed by atoms with Gasteiger partial charge in [-0.05, 0) is 18.3 Å². The van der Waals surface area contributed by atoms with Crippen molar-refractivity contribution in [1.82, 2.24) is 20.6 Å². The first-order valence-electron chi connectivity index (χ1n) is 5.57. The molecule has 4 nitrogen and oxygen atoms in total. The van der Waals surface area contributed by atoms with Gasteiger partial charge in [0, 0.05) is 6.42 Å². The van der Waals surface area contributed by atoms with Crippen LogP contribution in [-0.4, -0.2) is 20.6 Å². The molecule has 0 amide bonds. The van der Waals surface area contributed by atoms with E-state index in [1.165, 1.54) is 32.1 Å². The molecule has 2 rings (SSSR count). The average Bonchev–Trinajstić information content (AvgIpc) is 2.58. The van der Waals surface area contributed by atoms with E-state index in [-0.39, 0.29) is 0 Å². The summed E-state index contributed by atoms with van der Waals surface area (Å²) in [6.07, 6.45) is 7.78. The lowest BCUT2D eigenvalue weighted by atomic mass is 9.96. The Balaban J connectivity index is 1.86. The summed E-state index contributed by atoms with van der Waals surface area (Å²) >= 11 is 0. The van der Waals surface area contributed by atoms with Gasteiger partial charge in [-0.25, -0.2) is 0 Å². The van der Waals surface area contributed by atoms with E-state index >= 15 is 0 Å². The molecule has 1 aromatic rings. The molecule has 1 aromatic heterocycles. The Bertz CT molecular complexity index is 257. The fraction of sp³-hybridized carbons (Fsp3) is 0.900. The molecule has 0 spiro atoms. The number of rotatable bonds is 2. The molecule has 1 saturated carbocycles. The van der Waals surface area contributed by atoms with E-state index < -0.39 is 0 Å². The van der Waals surface area contributed by atoms with Crippen LogP contribution >= 0.6 is 0 Å². The number of nitrogens with one attached hydrogen (secondary N) is 1. The molecule has 4 heteroatoms. The number of aromatic nitrogens is 4. The number of tetrazole rings is 1. The van der Waals surface area contributed by atoms with Gasteiger partial charge in [-0.3, -0.25) is 0 Å². The van der Waals surface area contributed by atoms with Crippen molar-refractivity contribution >= 4 is 0 Å². The molecule has 0 radical (unpaired) electrons. The Kier molecular flexibility index (Phi) is 3.11. The highest BCUT2D eigenvalue weighted by Gasteiger charge is 2.17. The van der Waals surface area contributed by atoms with Crippen LogP contribution in [0.3, 0.4) is 0 Å². The molecule has 0 aliphatic heterocycles. The summed E-state index contributed by atoms with van der Waals surface area (Å²) in [5, 5.41) is 14.1. The average molecular weight is 194 g/mol. The first-order valence-corrected chi connectivity index (χ1v) is 5.57. The van der Waals surface area contributed by atoms with Gasteiger partial charge in [0.05, 0.1) is 0 Å². The minimum atomic E-state index is 0.776. The van der Waals surface area contributed by atoms with E-state index in [1.807, 2.05) is 0 Å². The van der Waals surface area contributed by atoms with Crippen molar-refractivity contribution in [3.05, 3.63) is 5.82 Å². The second-order valence-electron chi connectivity index (χ2n) is 4.51. The number of H-pyrrole nitrogens is 1.